The number of rotatable bonds is 3. The highest BCUT2D eigenvalue weighted by Gasteiger charge is 2.25. The Morgan fingerprint density at radius 3 is 2.94 bits per heavy atom. The fourth-order valence-electron chi connectivity index (χ4n) is 1.83. The number of hydrogen-bond donors (Lipinski definition) is 3. The first-order valence-electron chi connectivity index (χ1n) is 5.39. The zero-order valence-corrected chi connectivity index (χ0v) is 9.45. The largest absolute Gasteiger partial charge is 0.477 e. The van der Waals surface area contributed by atoms with Crippen LogP contribution in [-0.2, 0) is 9.53 Å². The summed E-state index contributed by atoms with van der Waals surface area (Å²) in [5.41, 5.74) is 1.02. The number of carbonyl (C=O) groups is 2. The lowest BCUT2D eigenvalue weighted by molar-refractivity contribution is -0.119. The van der Waals surface area contributed by atoms with Gasteiger partial charge in [0, 0.05) is 12.3 Å². The number of aromatic nitrogens is 1. The highest BCUT2D eigenvalue weighted by atomic mass is 16.5. The highest BCUT2D eigenvalue weighted by molar-refractivity contribution is 6.00. The molecular weight excluding hydrogens is 224 g/mol. The molecule has 6 heteroatoms. The Hall–Kier alpha value is -1.82. The number of nitrogens with one attached hydrogen (secondary N) is 2. The average molecular weight is 238 g/mol. The molecule has 1 aromatic heterocycles. The molecule has 0 saturated carbocycles. The summed E-state index contributed by atoms with van der Waals surface area (Å²) in [7, 11) is 0. The Morgan fingerprint density at radius 1 is 1.59 bits per heavy atom. The third-order valence-corrected chi connectivity index (χ3v) is 2.72. The number of aryl methyl sites for hydroxylation is 1. The Balaban J connectivity index is 2.12. The van der Waals surface area contributed by atoms with Gasteiger partial charge in [0.25, 0.3) is 0 Å². The van der Waals surface area contributed by atoms with Crippen LogP contribution in [0, 0.1) is 12.8 Å². The maximum absolute atomic E-state index is 11.8. The van der Waals surface area contributed by atoms with Crippen molar-refractivity contribution in [1.29, 1.82) is 0 Å². The van der Waals surface area contributed by atoms with Crippen LogP contribution in [0.5, 0.6) is 0 Å². The van der Waals surface area contributed by atoms with Crippen LogP contribution < -0.4 is 5.32 Å². The molecule has 0 aliphatic carbocycles. The molecule has 2 rings (SSSR count). The van der Waals surface area contributed by atoms with Crippen molar-refractivity contribution in [3.8, 4) is 0 Å². The Labute approximate surface area is 98.0 Å². The molecule has 17 heavy (non-hydrogen) atoms. The van der Waals surface area contributed by atoms with Gasteiger partial charge in [-0.25, -0.2) is 4.79 Å². The number of H-pyrrole nitrogens is 1. The van der Waals surface area contributed by atoms with E-state index >= 15 is 0 Å². The van der Waals surface area contributed by atoms with Crippen molar-refractivity contribution in [1.82, 2.24) is 4.98 Å². The lowest BCUT2D eigenvalue weighted by Crippen LogP contribution is -2.23. The first-order valence-corrected chi connectivity index (χ1v) is 5.39. The van der Waals surface area contributed by atoms with Gasteiger partial charge in [0.15, 0.2) is 0 Å². The summed E-state index contributed by atoms with van der Waals surface area (Å²) in [6, 6.07) is 1.61. The fraction of sp³-hybridized carbons (Fsp3) is 0.455. The second kappa shape index (κ2) is 4.58. The average Bonchev–Trinajstić information content (AvgIpc) is 2.86. The van der Waals surface area contributed by atoms with Crippen LogP contribution >= 0.6 is 0 Å². The maximum Gasteiger partial charge on any atom is 0.354 e. The normalized spacial score (nSPS) is 19.2. The second-order valence-electron chi connectivity index (χ2n) is 4.10. The molecule has 3 N–H and O–H groups in total. The molecular formula is C11H14N2O4. The molecule has 1 saturated heterocycles. The molecule has 1 aromatic rings. The van der Waals surface area contributed by atoms with Crippen LogP contribution in [0.25, 0.3) is 0 Å². The molecule has 1 fully saturated rings. The van der Waals surface area contributed by atoms with Crippen LogP contribution in [-0.4, -0.2) is 35.2 Å². The smallest absolute Gasteiger partial charge is 0.354 e. The van der Waals surface area contributed by atoms with Gasteiger partial charge in [-0.3, -0.25) is 4.79 Å². The number of hydrogen-bond acceptors (Lipinski definition) is 3. The zero-order chi connectivity index (χ0) is 12.4. The van der Waals surface area contributed by atoms with E-state index in [0.717, 1.165) is 0 Å². The van der Waals surface area contributed by atoms with E-state index in [2.05, 4.69) is 10.3 Å². The summed E-state index contributed by atoms with van der Waals surface area (Å²) in [5, 5.41) is 11.6. The summed E-state index contributed by atoms with van der Waals surface area (Å²) in [4.78, 5) is 25.4. The Bertz CT molecular complexity index is 446. The molecule has 0 radical (unpaired) electrons. The van der Waals surface area contributed by atoms with E-state index in [-0.39, 0.29) is 17.5 Å². The highest BCUT2D eigenvalue weighted by Crippen LogP contribution is 2.20. The van der Waals surface area contributed by atoms with Gasteiger partial charge < -0.3 is 20.1 Å². The van der Waals surface area contributed by atoms with Crippen molar-refractivity contribution in [2.45, 2.75) is 13.3 Å². The van der Waals surface area contributed by atoms with Gasteiger partial charge in [0.2, 0.25) is 5.91 Å². The van der Waals surface area contributed by atoms with E-state index in [1.807, 2.05) is 0 Å². The summed E-state index contributed by atoms with van der Waals surface area (Å²) < 4.78 is 5.11. The first-order chi connectivity index (χ1) is 8.08. The zero-order valence-electron chi connectivity index (χ0n) is 9.45. The van der Waals surface area contributed by atoms with Crippen LogP contribution in [0.4, 0.5) is 5.69 Å². The summed E-state index contributed by atoms with van der Waals surface area (Å²) in [6.45, 7) is 2.72. The summed E-state index contributed by atoms with van der Waals surface area (Å²) in [5.74, 6) is -1.47. The van der Waals surface area contributed by atoms with Gasteiger partial charge in [-0.1, -0.05) is 0 Å². The van der Waals surface area contributed by atoms with Crippen LogP contribution in [0.3, 0.4) is 0 Å². The minimum atomic E-state index is -1.09. The summed E-state index contributed by atoms with van der Waals surface area (Å²) in [6.07, 6.45) is 0.678. The first kappa shape index (κ1) is 11.7. The molecule has 0 aromatic carbocycles. The number of carboxylic acids is 1. The molecule has 0 spiro atoms. The molecule has 1 amide bonds. The van der Waals surface area contributed by atoms with E-state index in [1.54, 1.807) is 13.0 Å². The third-order valence-electron chi connectivity index (χ3n) is 2.72. The number of aromatic carboxylic acids is 1. The summed E-state index contributed by atoms with van der Waals surface area (Å²) >= 11 is 0. The quantitative estimate of drug-likeness (QED) is 0.732. The molecule has 92 valence electrons. The van der Waals surface area contributed by atoms with E-state index in [9.17, 15) is 9.59 Å². The van der Waals surface area contributed by atoms with Gasteiger partial charge in [0.1, 0.15) is 5.69 Å². The van der Waals surface area contributed by atoms with E-state index < -0.39 is 5.97 Å². The van der Waals surface area contributed by atoms with Gasteiger partial charge in [-0.15, -0.1) is 0 Å². The Morgan fingerprint density at radius 2 is 2.35 bits per heavy atom. The predicted molar refractivity (Wildman–Crippen MR) is 60.0 cm³/mol. The molecule has 1 aliphatic rings. The number of amides is 1. The van der Waals surface area contributed by atoms with Gasteiger partial charge in [0.05, 0.1) is 18.2 Å². The number of carbonyl (C=O) groups excluding carboxylic acids is 1. The van der Waals surface area contributed by atoms with E-state index in [0.29, 0.717) is 31.0 Å². The fourth-order valence-corrected chi connectivity index (χ4v) is 1.83. The molecule has 2 heterocycles. The minimum absolute atomic E-state index is 0.00904. The number of carboxylic acid groups (broad SMARTS) is 1. The van der Waals surface area contributed by atoms with Crippen LogP contribution in [0.2, 0.25) is 0 Å². The van der Waals surface area contributed by atoms with Crippen molar-refractivity contribution < 1.29 is 19.4 Å². The third kappa shape index (κ3) is 2.47. The molecule has 1 atom stereocenters. The second-order valence-corrected chi connectivity index (χ2v) is 4.10. The van der Waals surface area contributed by atoms with Gasteiger partial charge >= 0.3 is 5.97 Å². The predicted octanol–water partition coefficient (Wildman–Crippen LogP) is 0.996. The lowest BCUT2D eigenvalue weighted by atomic mass is 10.1. The Kier molecular flexibility index (Phi) is 3.14. The van der Waals surface area contributed by atoms with E-state index in [4.69, 9.17) is 9.84 Å². The van der Waals surface area contributed by atoms with Crippen molar-refractivity contribution in [3.05, 3.63) is 17.5 Å². The molecule has 1 aliphatic heterocycles. The van der Waals surface area contributed by atoms with Crippen LogP contribution in [0.1, 0.15) is 22.6 Å². The van der Waals surface area contributed by atoms with Crippen molar-refractivity contribution >= 4 is 17.6 Å². The monoisotopic (exact) mass is 238 g/mol. The SMILES string of the molecule is Cc1cc(NC(=O)C2CCOC2)c(C(=O)O)[nH]1. The number of ether oxygens (including phenoxy) is 1. The molecule has 0 bridgehead atoms. The van der Waals surface area contributed by atoms with Gasteiger partial charge in [-0.2, -0.15) is 0 Å². The lowest BCUT2D eigenvalue weighted by Gasteiger charge is -2.08. The van der Waals surface area contributed by atoms with Crippen molar-refractivity contribution in [2.75, 3.05) is 18.5 Å². The van der Waals surface area contributed by atoms with Crippen molar-refractivity contribution in [2.24, 2.45) is 5.92 Å². The van der Waals surface area contributed by atoms with Crippen molar-refractivity contribution in [3.63, 3.8) is 0 Å². The maximum atomic E-state index is 11.8. The molecule has 6 nitrogen and oxygen atoms in total. The minimum Gasteiger partial charge on any atom is -0.477 e. The van der Waals surface area contributed by atoms with Crippen LogP contribution in [0.15, 0.2) is 6.07 Å². The standard InChI is InChI=1S/C11H14N2O4/c1-6-4-8(9(12-6)11(15)16)13-10(14)7-2-3-17-5-7/h4,7,12H,2-3,5H2,1H3,(H,13,14)(H,15,16). The van der Waals surface area contributed by atoms with E-state index in [1.165, 1.54) is 0 Å². The topological polar surface area (TPSA) is 91.4 Å². The number of anilines is 1. The number of aromatic amines is 1. The molecule has 1 unspecified atom stereocenters. The van der Waals surface area contributed by atoms with Gasteiger partial charge in [-0.05, 0) is 19.4 Å².